The third-order valence-corrected chi connectivity index (χ3v) is 1.43. The van der Waals surface area contributed by atoms with E-state index in [4.69, 9.17) is 4.74 Å². The van der Waals surface area contributed by atoms with Gasteiger partial charge in [-0.25, -0.2) is 0 Å². The maximum atomic E-state index is 5.49. The van der Waals surface area contributed by atoms with Crippen molar-refractivity contribution in [2.45, 2.75) is 20.0 Å². The summed E-state index contributed by atoms with van der Waals surface area (Å²) >= 11 is 0. The van der Waals surface area contributed by atoms with E-state index >= 15 is 0 Å². The standard InChI is InChI=1S/C10H14N2O2/c1-8(2)13-10-6-4-5-9(7-10)12-14-11-3/h4-8,12H,3H2,1-2H3. The lowest BCUT2D eigenvalue weighted by molar-refractivity contribution is 0.210. The van der Waals surface area contributed by atoms with Gasteiger partial charge in [0.05, 0.1) is 11.8 Å². The highest BCUT2D eigenvalue weighted by atomic mass is 16.8. The van der Waals surface area contributed by atoms with Crippen LogP contribution in [-0.2, 0) is 4.94 Å². The summed E-state index contributed by atoms with van der Waals surface area (Å²) in [5.41, 5.74) is 3.37. The fraction of sp³-hybridized carbons (Fsp3) is 0.300. The van der Waals surface area contributed by atoms with Crippen molar-refractivity contribution in [3.63, 3.8) is 0 Å². The summed E-state index contributed by atoms with van der Waals surface area (Å²) in [5, 5.41) is 3.22. The highest BCUT2D eigenvalue weighted by Gasteiger charge is 1.98. The third kappa shape index (κ3) is 3.35. The van der Waals surface area contributed by atoms with Gasteiger partial charge in [0.25, 0.3) is 0 Å². The van der Waals surface area contributed by atoms with Gasteiger partial charge >= 0.3 is 0 Å². The van der Waals surface area contributed by atoms with Crippen molar-refractivity contribution in [1.82, 2.24) is 0 Å². The third-order valence-electron chi connectivity index (χ3n) is 1.43. The Kier molecular flexibility index (Phi) is 3.79. The van der Waals surface area contributed by atoms with E-state index < -0.39 is 0 Å². The van der Waals surface area contributed by atoms with Crippen molar-refractivity contribution in [2.75, 3.05) is 5.48 Å². The minimum Gasteiger partial charge on any atom is -0.491 e. The van der Waals surface area contributed by atoms with E-state index in [1.165, 1.54) is 0 Å². The van der Waals surface area contributed by atoms with Crippen molar-refractivity contribution < 1.29 is 9.68 Å². The van der Waals surface area contributed by atoms with Crippen LogP contribution >= 0.6 is 0 Å². The highest BCUT2D eigenvalue weighted by Crippen LogP contribution is 2.18. The number of nitrogens with zero attached hydrogens (tertiary/aromatic N) is 1. The molecule has 1 rings (SSSR count). The molecule has 0 aliphatic carbocycles. The second-order valence-electron chi connectivity index (χ2n) is 3.02. The van der Waals surface area contributed by atoms with Crippen LogP contribution in [0.25, 0.3) is 0 Å². The van der Waals surface area contributed by atoms with E-state index in [0.717, 1.165) is 11.4 Å². The molecule has 0 amide bonds. The second kappa shape index (κ2) is 5.11. The molecular formula is C10H14N2O2. The van der Waals surface area contributed by atoms with Crippen molar-refractivity contribution in [3.8, 4) is 5.75 Å². The van der Waals surface area contributed by atoms with Crippen LogP contribution in [0.15, 0.2) is 29.4 Å². The first-order chi connectivity index (χ1) is 6.72. The minimum absolute atomic E-state index is 0.156. The molecule has 0 atom stereocenters. The molecule has 0 aliphatic heterocycles. The van der Waals surface area contributed by atoms with Gasteiger partial charge in [-0.3, -0.25) is 4.94 Å². The van der Waals surface area contributed by atoms with Crippen LogP contribution in [0.2, 0.25) is 0 Å². The van der Waals surface area contributed by atoms with Crippen LogP contribution < -0.4 is 10.2 Å². The molecule has 14 heavy (non-hydrogen) atoms. The molecule has 0 unspecified atom stereocenters. The molecule has 0 aromatic heterocycles. The second-order valence-corrected chi connectivity index (χ2v) is 3.02. The Labute approximate surface area is 83.5 Å². The van der Waals surface area contributed by atoms with Gasteiger partial charge in [0.1, 0.15) is 5.75 Å². The summed E-state index contributed by atoms with van der Waals surface area (Å²) in [6.07, 6.45) is 0.156. The molecule has 0 saturated heterocycles. The summed E-state index contributed by atoms with van der Waals surface area (Å²) in [4.78, 5) is 4.59. The number of hydrogen-bond acceptors (Lipinski definition) is 4. The molecule has 1 N–H and O–H groups in total. The summed E-state index contributed by atoms with van der Waals surface area (Å²) < 4.78 is 5.49. The van der Waals surface area contributed by atoms with Gasteiger partial charge in [0, 0.05) is 12.8 Å². The maximum absolute atomic E-state index is 5.49. The molecular weight excluding hydrogens is 180 g/mol. The first-order valence-electron chi connectivity index (χ1n) is 4.37. The molecule has 4 nitrogen and oxygen atoms in total. The van der Waals surface area contributed by atoms with Crippen LogP contribution in [-0.4, -0.2) is 12.8 Å². The topological polar surface area (TPSA) is 42.8 Å². The molecule has 0 fully saturated rings. The fourth-order valence-electron chi connectivity index (χ4n) is 0.990. The van der Waals surface area contributed by atoms with Crippen LogP contribution in [0.4, 0.5) is 5.69 Å². The van der Waals surface area contributed by atoms with Crippen molar-refractivity contribution in [3.05, 3.63) is 24.3 Å². The van der Waals surface area contributed by atoms with Crippen LogP contribution in [0.1, 0.15) is 13.8 Å². The van der Waals surface area contributed by atoms with Crippen molar-refractivity contribution >= 4 is 12.4 Å². The first-order valence-corrected chi connectivity index (χ1v) is 4.37. The number of ether oxygens (including phenoxy) is 1. The predicted molar refractivity (Wildman–Crippen MR) is 56.5 cm³/mol. The molecule has 0 bridgehead atoms. The van der Waals surface area contributed by atoms with E-state index in [-0.39, 0.29) is 6.10 Å². The Hall–Kier alpha value is -1.71. The lowest BCUT2D eigenvalue weighted by atomic mass is 10.3. The summed E-state index contributed by atoms with van der Waals surface area (Å²) in [5.74, 6) is 0.790. The molecule has 0 radical (unpaired) electrons. The average molecular weight is 194 g/mol. The lowest BCUT2D eigenvalue weighted by Gasteiger charge is -2.10. The molecule has 1 aromatic carbocycles. The SMILES string of the molecule is C=NONc1cccc(OC(C)C)c1. The van der Waals surface area contributed by atoms with Gasteiger partial charge < -0.3 is 4.74 Å². The lowest BCUT2D eigenvalue weighted by Crippen LogP contribution is -2.05. The predicted octanol–water partition coefficient (Wildman–Crippen LogP) is 2.43. The van der Waals surface area contributed by atoms with Gasteiger partial charge in [-0.15, -0.1) is 0 Å². The number of hydrogen-bond donors (Lipinski definition) is 1. The van der Waals surface area contributed by atoms with Crippen LogP contribution in [0.3, 0.4) is 0 Å². The van der Waals surface area contributed by atoms with Gasteiger partial charge in [-0.2, -0.15) is 5.48 Å². The summed E-state index contributed by atoms with van der Waals surface area (Å²) in [6, 6.07) is 7.42. The zero-order chi connectivity index (χ0) is 10.4. The number of benzene rings is 1. The minimum atomic E-state index is 0.156. The van der Waals surface area contributed by atoms with Crippen LogP contribution in [0, 0.1) is 0 Å². The Morgan fingerprint density at radius 2 is 2.21 bits per heavy atom. The van der Waals surface area contributed by atoms with E-state index in [0.29, 0.717) is 0 Å². The Morgan fingerprint density at radius 1 is 1.43 bits per heavy atom. The summed E-state index contributed by atoms with van der Waals surface area (Å²) in [7, 11) is 0. The average Bonchev–Trinajstić information content (AvgIpc) is 2.14. The van der Waals surface area contributed by atoms with E-state index in [2.05, 4.69) is 22.3 Å². The molecule has 0 heterocycles. The maximum Gasteiger partial charge on any atom is 0.121 e. The van der Waals surface area contributed by atoms with Crippen molar-refractivity contribution in [1.29, 1.82) is 0 Å². The van der Waals surface area contributed by atoms with E-state index in [1.807, 2.05) is 38.1 Å². The van der Waals surface area contributed by atoms with Crippen molar-refractivity contribution in [2.24, 2.45) is 5.16 Å². The molecule has 76 valence electrons. The first kappa shape index (κ1) is 10.4. The zero-order valence-electron chi connectivity index (χ0n) is 8.36. The monoisotopic (exact) mass is 194 g/mol. The summed E-state index contributed by atoms with van der Waals surface area (Å²) in [6.45, 7) is 7.13. The van der Waals surface area contributed by atoms with Gasteiger partial charge in [-0.1, -0.05) is 11.2 Å². The number of rotatable bonds is 5. The van der Waals surface area contributed by atoms with E-state index in [9.17, 15) is 0 Å². The zero-order valence-corrected chi connectivity index (χ0v) is 8.36. The van der Waals surface area contributed by atoms with Gasteiger partial charge in [0.15, 0.2) is 0 Å². The quantitative estimate of drug-likeness (QED) is 0.578. The molecule has 0 spiro atoms. The van der Waals surface area contributed by atoms with Crippen LogP contribution in [0.5, 0.6) is 5.75 Å². The Bertz CT molecular complexity index is 300. The highest BCUT2D eigenvalue weighted by molar-refractivity contribution is 5.46. The number of nitrogens with one attached hydrogen (secondary N) is 1. The molecule has 0 saturated carbocycles. The largest absolute Gasteiger partial charge is 0.491 e. The Balaban J connectivity index is 2.63. The van der Waals surface area contributed by atoms with Gasteiger partial charge in [-0.05, 0) is 26.0 Å². The molecule has 0 aliphatic rings. The smallest absolute Gasteiger partial charge is 0.121 e. The molecule has 1 aromatic rings. The van der Waals surface area contributed by atoms with E-state index in [1.54, 1.807) is 0 Å². The fourth-order valence-corrected chi connectivity index (χ4v) is 0.990. The molecule has 4 heteroatoms. The Morgan fingerprint density at radius 3 is 2.86 bits per heavy atom. The number of anilines is 1. The normalized spacial score (nSPS) is 9.64. The van der Waals surface area contributed by atoms with Gasteiger partial charge in [0.2, 0.25) is 0 Å². The number of oxime groups is 1.